The highest BCUT2D eigenvalue weighted by Crippen LogP contribution is 2.29. The number of rotatable bonds is 6. The van der Waals surface area contributed by atoms with Crippen molar-refractivity contribution in [1.82, 2.24) is 10.2 Å². The summed E-state index contributed by atoms with van der Waals surface area (Å²) in [6.45, 7) is 3.79. The Morgan fingerprint density at radius 1 is 1.40 bits per heavy atom. The fourth-order valence-electron chi connectivity index (χ4n) is 2.82. The first-order valence-corrected chi connectivity index (χ1v) is 8.28. The molecule has 138 valence electrons. The van der Waals surface area contributed by atoms with Crippen LogP contribution in [0, 0.1) is 18.6 Å². The quantitative estimate of drug-likeness (QED) is 0.714. The number of aliphatic carboxylic acids is 1. The van der Waals surface area contributed by atoms with Crippen LogP contribution in [-0.4, -0.2) is 47.2 Å². The highest BCUT2D eigenvalue weighted by Gasteiger charge is 2.34. The lowest BCUT2D eigenvalue weighted by molar-refractivity contribution is -0.139. The van der Waals surface area contributed by atoms with Gasteiger partial charge in [-0.05, 0) is 32.4 Å². The van der Waals surface area contributed by atoms with Crippen molar-refractivity contribution in [3.63, 3.8) is 0 Å². The number of nitrogens with one attached hydrogen (secondary N) is 2. The first-order chi connectivity index (χ1) is 11.7. The Bertz CT molecular complexity index is 681. The number of carboxylic acids is 1. The molecule has 0 unspecified atom stereocenters. The molecule has 1 saturated carbocycles. The number of likely N-dealkylation sites (N-methyl/N-ethyl adjacent to an activating group) is 1. The summed E-state index contributed by atoms with van der Waals surface area (Å²) < 4.78 is 27.8. The zero-order valence-corrected chi connectivity index (χ0v) is 14.7. The maximum absolute atomic E-state index is 14.0. The molecule has 0 atom stereocenters. The molecule has 0 bridgehead atoms. The van der Waals surface area contributed by atoms with Gasteiger partial charge in [0, 0.05) is 22.7 Å². The molecule has 0 saturated heterocycles. The van der Waals surface area contributed by atoms with E-state index in [0.29, 0.717) is 19.4 Å². The van der Waals surface area contributed by atoms with Gasteiger partial charge in [-0.2, -0.15) is 0 Å². The van der Waals surface area contributed by atoms with Gasteiger partial charge in [0.15, 0.2) is 11.6 Å². The second kappa shape index (κ2) is 7.97. The Morgan fingerprint density at radius 2 is 2.04 bits per heavy atom. The second-order valence-electron chi connectivity index (χ2n) is 6.03. The van der Waals surface area contributed by atoms with Crippen molar-refractivity contribution in [2.45, 2.75) is 38.8 Å². The van der Waals surface area contributed by atoms with E-state index in [1.807, 2.05) is 6.92 Å². The normalized spacial score (nSPS) is 19.4. The monoisotopic (exact) mass is 375 g/mol. The van der Waals surface area contributed by atoms with Crippen LogP contribution in [0.15, 0.2) is 6.07 Å². The van der Waals surface area contributed by atoms with E-state index in [4.69, 9.17) is 16.7 Å². The Balaban J connectivity index is 1.89. The predicted molar refractivity (Wildman–Crippen MR) is 90.0 cm³/mol. The Hall–Kier alpha value is -1.93. The minimum Gasteiger partial charge on any atom is -0.480 e. The van der Waals surface area contributed by atoms with Crippen molar-refractivity contribution in [2.75, 3.05) is 18.4 Å². The number of carbonyl (C=O) groups is 2. The molecule has 1 aromatic carbocycles. The lowest BCUT2D eigenvalue weighted by Gasteiger charge is -2.42. The van der Waals surface area contributed by atoms with E-state index < -0.39 is 29.3 Å². The summed E-state index contributed by atoms with van der Waals surface area (Å²) in [5.74, 6) is -2.77. The third-order valence-electron chi connectivity index (χ3n) is 4.35. The highest BCUT2D eigenvalue weighted by molar-refractivity contribution is 6.31. The predicted octanol–water partition coefficient (Wildman–Crippen LogP) is 2.99. The standard InChI is InChI=1S/C16H20ClF2N3O3/c1-3-22(7-13(23)24)10-4-9(5-10)20-16(25)21-15-12(18)6-11(17)8(2)14(15)19/h6,9-10H,3-5,7H2,1-2H3,(H,23,24)(H2,20,21,25). The number of carbonyl (C=O) groups excluding carboxylic acids is 1. The minimum atomic E-state index is -0.951. The van der Waals surface area contributed by atoms with Crippen LogP contribution in [0.3, 0.4) is 0 Å². The smallest absolute Gasteiger partial charge is 0.319 e. The van der Waals surface area contributed by atoms with Crippen LogP contribution in [0.5, 0.6) is 0 Å². The molecular weight excluding hydrogens is 356 g/mol. The zero-order valence-electron chi connectivity index (χ0n) is 13.9. The van der Waals surface area contributed by atoms with E-state index in [-0.39, 0.29) is 29.2 Å². The van der Waals surface area contributed by atoms with Crippen LogP contribution in [0.1, 0.15) is 25.3 Å². The van der Waals surface area contributed by atoms with Crippen LogP contribution >= 0.6 is 11.6 Å². The molecule has 9 heteroatoms. The molecule has 3 N–H and O–H groups in total. The van der Waals surface area contributed by atoms with E-state index in [9.17, 15) is 18.4 Å². The van der Waals surface area contributed by atoms with E-state index in [1.165, 1.54) is 6.92 Å². The van der Waals surface area contributed by atoms with Crippen molar-refractivity contribution in [3.05, 3.63) is 28.3 Å². The summed E-state index contributed by atoms with van der Waals surface area (Å²) in [7, 11) is 0. The van der Waals surface area contributed by atoms with Gasteiger partial charge in [-0.3, -0.25) is 9.69 Å². The number of carboxylic acid groups (broad SMARTS) is 1. The number of halogens is 3. The molecule has 2 amide bonds. The van der Waals surface area contributed by atoms with Gasteiger partial charge < -0.3 is 15.7 Å². The molecule has 0 aliphatic heterocycles. The number of urea groups is 1. The number of amides is 2. The summed E-state index contributed by atoms with van der Waals surface area (Å²) >= 11 is 5.68. The summed E-state index contributed by atoms with van der Waals surface area (Å²) in [6, 6.07) is 0.120. The van der Waals surface area contributed by atoms with Crippen molar-refractivity contribution in [3.8, 4) is 0 Å². The molecule has 25 heavy (non-hydrogen) atoms. The first kappa shape index (κ1) is 19.4. The summed E-state index contributed by atoms with van der Waals surface area (Å²) in [6.07, 6.45) is 1.16. The fourth-order valence-corrected chi connectivity index (χ4v) is 2.99. The molecule has 2 rings (SSSR count). The van der Waals surface area contributed by atoms with Crippen LogP contribution in [0.2, 0.25) is 5.02 Å². The number of anilines is 1. The summed E-state index contributed by atoms with van der Waals surface area (Å²) in [5, 5.41) is 13.6. The minimum absolute atomic E-state index is 0.0503. The Kier molecular flexibility index (Phi) is 6.18. The van der Waals surface area contributed by atoms with Gasteiger partial charge in [-0.1, -0.05) is 18.5 Å². The second-order valence-corrected chi connectivity index (χ2v) is 6.44. The maximum Gasteiger partial charge on any atom is 0.319 e. The lowest BCUT2D eigenvalue weighted by Crippen LogP contribution is -2.55. The van der Waals surface area contributed by atoms with Crippen LogP contribution in [0.4, 0.5) is 19.3 Å². The van der Waals surface area contributed by atoms with Gasteiger partial charge in [-0.25, -0.2) is 13.6 Å². The van der Waals surface area contributed by atoms with Crippen molar-refractivity contribution < 1.29 is 23.5 Å². The topological polar surface area (TPSA) is 81.7 Å². The molecule has 0 heterocycles. The number of hydrogen-bond acceptors (Lipinski definition) is 3. The molecule has 0 aromatic heterocycles. The van der Waals surface area contributed by atoms with Crippen molar-refractivity contribution >= 4 is 29.3 Å². The fraction of sp³-hybridized carbons (Fsp3) is 0.500. The van der Waals surface area contributed by atoms with Crippen molar-refractivity contribution in [1.29, 1.82) is 0 Å². The van der Waals surface area contributed by atoms with Gasteiger partial charge in [0.25, 0.3) is 0 Å². The molecule has 0 spiro atoms. The lowest BCUT2D eigenvalue weighted by atomic mass is 9.85. The molecule has 0 radical (unpaired) electrons. The maximum atomic E-state index is 14.0. The number of hydrogen-bond donors (Lipinski definition) is 3. The van der Waals surface area contributed by atoms with Gasteiger partial charge >= 0.3 is 12.0 Å². The van der Waals surface area contributed by atoms with E-state index in [2.05, 4.69) is 10.6 Å². The average molecular weight is 376 g/mol. The SMILES string of the molecule is CCN(CC(=O)O)C1CC(NC(=O)Nc2c(F)cc(Cl)c(C)c2F)C1. The van der Waals surface area contributed by atoms with Crippen LogP contribution < -0.4 is 10.6 Å². The van der Waals surface area contributed by atoms with E-state index in [1.54, 1.807) is 4.90 Å². The van der Waals surface area contributed by atoms with Crippen LogP contribution in [0.25, 0.3) is 0 Å². The first-order valence-electron chi connectivity index (χ1n) is 7.90. The van der Waals surface area contributed by atoms with Gasteiger partial charge in [-0.15, -0.1) is 0 Å². The Morgan fingerprint density at radius 3 is 2.60 bits per heavy atom. The van der Waals surface area contributed by atoms with E-state index in [0.717, 1.165) is 6.07 Å². The highest BCUT2D eigenvalue weighted by atomic mass is 35.5. The third-order valence-corrected chi connectivity index (χ3v) is 4.74. The molecular formula is C16H20ClF2N3O3. The molecule has 1 fully saturated rings. The van der Waals surface area contributed by atoms with Gasteiger partial charge in [0.05, 0.1) is 6.54 Å². The molecule has 6 nitrogen and oxygen atoms in total. The summed E-state index contributed by atoms with van der Waals surface area (Å²) in [5.41, 5.74) is -0.495. The Labute approximate surface area is 149 Å². The van der Waals surface area contributed by atoms with Crippen molar-refractivity contribution in [2.24, 2.45) is 0 Å². The summed E-state index contributed by atoms with van der Waals surface area (Å²) in [4.78, 5) is 24.5. The van der Waals surface area contributed by atoms with Gasteiger partial charge in [0.2, 0.25) is 0 Å². The molecule has 1 aliphatic rings. The zero-order chi connectivity index (χ0) is 18.7. The number of benzene rings is 1. The molecule has 1 aromatic rings. The van der Waals surface area contributed by atoms with E-state index >= 15 is 0 Å². The third kappa shape index (κ3) is 4.58. The average Bonchev–Trinajstić information content (AvgIpc) is 2.50. The number of nitrogens with zero attached hydrogens (tertiary/aromatic N) is 1. The molecule has 1 aliphatic carbocycles. The van der Waals surface area contributed by atoms with Gasteiger partial charge in [0.1, 0.15) is 5.69 Å². The largest absolute Gasteiger partial charge is 0.480 e. The van der Waals surface area contributed by atoms with Crippen LogP contribution in [-0.2, 0) is 4.79 Å².